The second-order valence-corrected chi connectivity index (χ2v) is 11.5. The van der Waals surface area contributed by atoms with Gasteiger partial charge in [0.1, 0.15) is 5.82 Å². The van der Waals surface area contributed by atoms with Gasteiger partial charge >= 0.3 is 0 Å². The van der Waals surface area contributed by atoms with Crippen molar-refractivity contribution in [1.29, 1.82) is 0 Å². The van der Waals surface area contributed by atoms with E-state index >= 15 is 0 Å². The molecule has 2 fully saturated rings. The SMILES string of the molecule is CCCc1cnc(N2CCC([C@H]3C[C@H]3COCc3ccc(S(=O)(=O)CCO)cc3F)CC2)nc1. The van der Waals surface area contributed by atoms with E-state index in [4.69, 9.17) is 9.84 Å². The molecular weight excluding hydrogens is 457 g/mol. The lowest BCUT2D eigenvalue weighted by Crippen LogP contribution is -2.35. The van der Waals surface area contributed by atoms with Crippen molar-refractivity contribution >= 4 is 15.8 Å². The van der Waals surface area contributed by atoms with Gasteiger partial charge in [-0.25, -0.2) is 22.8 Å². The van der Waals surface area contributed by atoms with Gasteiger partial charge in [0, 0.05) is 31.0 Å². The summed E-state index contributed by atoms with van der Waals surface area (Å²) in [5.41, 5.74) is 1.53. The number of sulfone groups is 1. The minimum Gasteiger partial charge on any atom is -0.395 e. The number of aliphatic hydroxyl groups is 1. The Balaban J connectivity index is 1.19. The number of ether oxygens (including phenoxy) is 1. The van der Waals surface area contributed by atoms with Gasteiger partial charge in [0.25, 0.3) is 0 Å². The number of rotatable bonds is 11. The molecule has 1 saturated heterocycles. The molecule has 0 radical (unpaired) electrons. The zero-order valence-corrected chi connectivity index (χ0v) is 20.5. The predicted octanol–water partition coefficient (Wildman–Crippen LogP) is 3.40. The summed E-state index contributed by atoms with van der Waals surface area (Å²) in [6.45, 7) is 4.32. The van der Waals surface area contributed by atoms with Gasteiger partial charge in [0.05, 0.1) is 30.5 Å². The van der Waals surface area contributed by atoms with Crippen LogP contribution in [0.25, 0.3) is 0 Å². The Bertz CT molecular complexity index is 1060. The number of nitrogens with zero attached hydrogens (tertiary/aromatic N) is 3. The minimum atomic E-state index is -3.66. The Labute approximate surface area is 201 Å². The summed E-state index contributed by atoms with van der Waals surface area (Å²) in [6.07, 6.45) is 9.38. The van der Waals surface area contributed by atoms with Crippen LogP contribution >= 0.6 is 0 Å². The summed E-state index contributed by atoms with van der Waals surface area (Å²) in [5, 5.41) is 8.87. The van der Waals surface area contributed by atoms with Crippen LogP contribution in [-0.2, 0) is 27.6 Å². The maximum atomic E-state index is 14.3. The summed E-state index contributed by atoms with van der Waals surface area (Å²) >= 11 is 0. The van der Waals surface area contributed by atoms with Crippen molar-refractivity contribution in [1.82, 2.24) is 9.97 Å². The molecule has 1 aliphatic heterocycles. The highest BCUT2D eigenvalue weighted by atomic mass is 32.2. The van der Waals surface area contributed by atoms with Crippen LogP contribution in [0, 0.1) is 23.6 Å². The first-order valence-electron chi connectivity index (χ1n) is 12.2. The Hall–Kier alpha value is -2.10. The van der Waals surface area contributed by atoms with E-state index in [0.717, 1.165) is 57.2 Å². The molecule has 2 atom stereocenters. The van der Waals surface area contributed by atoms with Crippen molar-refractivity contribution in [3.63, 3.8) is 0 Å². The van der Waals surface area contributed by atoms with Crippen molar-refractivity contribution in [3.05, 3.63) is 47.5 Å². The van der Waals surface area contributed by atoms with E-state index in [1.54, 1.807) is 0 Å². The fourth-order valence-corrected chi connectivity index (χ4v) is 5.93. The van der Waals surface area contributed by atoms with E-state index < -0.39 is 28.0 Å². The molecule has 2 aromatic rings. The number of aliphatic hydroxyl groups excluding tert-OH is 1. The minimum absolute atomic E-state index is 0.112. The molecule has 4 rings (SSSR count). The number of aryl methyl sites for hydroxylation is 1. The molecule has 9 heteroatoms. The monoisotopic (exact) mass is 491 g/mol. The van der Waals surface area contributed by atoms with Gasteiger partial charge in [-0.3, -0.25) is 0 Å². The number of hydrogen-bond donors (Lipinski definition) is 1. The van der Waals surface area contributed by atoms with Crippen LogP contribution < -0.4 is 4.90 Å². The number of halogens is 1. The third-order valence-electron chi connectivity index (χ3n) is 6.97. The first-order chi connectivity index (χ1) is 16.4. The first-order valence-corrected chi connectivity index (χ1v) is 13.8. The van der Waals surface area contributed by atoms with Crippen LogP contribution in [0.1, 0.15) is 43.7 Å². The molecule has 1 aromatic heterocycles. The Morgan fingerprint density at radius 3 is 2.59 bits per heavy atom. The smallest absolute Gasteiger partial charge is 0.225 e. The lowest BCUT2D eigenvalue weighted by atomic mass is 9.91. The molecule has 0 spiro atoms. The van der Waals surface area contributed by atoms with E-state index in [-0.39, 0.29) is 11.5 Å². The summed E-state index contributed by atoms with van der Waals surface area (Å²) < 4.78 is 44.1. The highest BCUT2D eigenvalue weighted by Crippen LogP contribution is 2.48. The summed E-state index contributed by atoms with van der Waals surface area (Å²) in [5.74, 6) is 1.66. The van der Waals surface area contributed by atoms with Gasteiger partial charge in [-0.15, -0.1) is 0 Å². The van der Waals surface area contributed by atoms with Gasteiger partial charge in [-0.1, -0.05) is 19.4 Å². The van der Waals surface area contributed by atoms with Crippen LogP contribution in [0.15, 0.2) is 35.5 Å². The second-order valence-electron chi connectivity index (χ2n) is 9.44. The number of hydrogen-bond acceptors (Lipinski definition) is 7. The number of piperidine rings is 1. The molecule has 34 heavy (non-hydrogen) atoms. The molecule has 2 heterocycles. The first kappa shape index (κ1) is 25.0. The van der Waals surface area contributed by atoms with Crippen molar-refractivity contribution in [2.45, 2.75) is 50.5 Å². The molecule has 7 nitrogen and oxygen atoms in total. The van der Waals surface area contributed by atoms with Crippen LogP contribution in [0.4, 0.5) is 10.3 Å². The predicted molar refractivity (Wildman–Crippen MR) is 128 cm³/mol. The van der Waals surface area contributed by atoms with Crippen molar-refractivity contribution in [3.8, 4) is 0 Å². The Morgan fingerprint density at radius 1 is 1.21 bits per heavy atom. The average molecular weight is 492 g/mol. The molecule has 0 unspecified atom stereocenters. The molecule has 186 valence electrons. The zero-order chi connectivity index (χ0) is 24.1. The normalized spacial score (nSPS) is 21.1. The quantitative estimate of drug-likeness (QED) is 0.515. The van der Waals surface area contributed by atoms with Crippen LogP contribution in [-0.4, -0.2) is 55.5 Å². The molecule has 1 aromatic carbocycles. The highest BCUT2D eigenvalue weighted by molar-refractivity contribution is 7.91. The largest absolute Gasteiger partial charge is 0.395 e. The molecular formula is C25H34FN3O4S. The lowest BCUT2D eigenvalue weighted by molar-refractivity contribution is 0.102. The topological polar surface area (TPSA) is 92.6 Å². The molecule has 0 bridgehead atoms. The summed E-state index contributed by atoms with van der Waals surface area (Å²) in [6, 6.07) is 3.84. The van der Waals surface area contributed by atoms with Crippen LogP contribution in [0.3, 0.4) is 0 Å². The van der Waals surface area contributed by atoms with Gasteiger partial charge in [-0.2, -0.15) is 0 Å². The fraction of sp³-hybridized carbons (Fsp3) is 0.600. The van der Waals surface area contributed by atoms with Crippen LogP contribution in [0.5, 0.6) is 0 Å². The Kier molecular flexibility index (Phi) is 8.16. The van der Waals surface area contributed by atoms with Gasteiger partial charge < -0.3 is 14.7 Å². The molecule has 1 aliphatic carbocycles. The van der Waals surface area contributed by atoms with Gasteiger partial charge in [0.2, 0.25) is 5.95 Å². The zero-order valence-electron chi connectivity index (χ0n) is 19.7. The standard InChI is InChI=1S/C25H34FN3O4S/c1-2-3-18-14-27-25(28-15-18)29-8-6-19(7-9-29)23-12-21(23)17-33-16-20-4-5-22(13-24(20)26)34(31,32)11-10-30/h4-5,13-15,19,21,23,30H,2-3,6-12,16-17H2,1H3/t21-,23+/m0/s1. The maximum Gasteiger partial charge on any atom is 0.225 e. The molecule has 1 saturated carbocycles. The second kappa shape index (κ2) is 11.1. The fourth-order valence-electron chi connectivity index (χ4n) is 4.89. The van der Waals surface area contributed by atoms with Gasteiger partial charge in [0.15, 0.2) is 9.84 Å². The van der Waals surface area contributed by atoms with Crippen molar-refractivity contribution < 1.29 is 22.7 Å². The van der Waals surface area contributed by atoms with E-state index in [0.29, 0.717) is 29.9 Å². The van der Waals surface area contributed by atoms with Crippen molar-refractivity contribution in [2.75, 3.05) is 37.0 Å². The van der Waals surface area contributed by atoms with E-state index in [2.05, 4.69) is 21.8 Å². The molecule has 0 amide bonds. The summed E-state index contributed by atoms with van der Waals surface area (Å²) in [4.78, 5) is 11.2. The number of aromatic nitrogens is 2. The molecule has 2 aliphatic rings. The summed E-state index contributed by atoms with van der Waals surface area (Å²) in [7, 11) is -3.66. The third-order valence-corrected chi connectivity index (χ3v) is 8.66. The van der Waals surface area contributed by atoms with E-state index in [1.807, 2.05) is 12.4 Å². The van der Waals surface area contributed by atoms with Crippen LogP contribution in [0.2, 0.25) is 0 Å². The number of benzene rings is 1. The van der Waals surface area contributed by atoms with Crippen molar-refractivity contribution in [2.24, 2.45) is 17.8 Å². The highest BCUT2D eigenvalue weighted by Gasteiger charge is 2.43. The van der Waals surface area contributed by atoms with E-state index in [1.165, 1.54) is 17.7 Å². The maximum absolute atomic E-state index is 14.3. The average Bonchev–Trinajstić information content (AvgIpc) is 3.60. The lowest BCUT2D eigenvalue weighted by Gasteiger charge is -2.32. The Morgan fingerprint density at radius 2 is 1.94 bits per heavy atom. The number of anilines is 1. The molecule has 1 N–H and O–H groups in total. The third kappa shape index (κ3) is 6.12. The van der Waals surface area contributed by atoms with Gasteiger partial charge in [-0.05, 0) is 61.1 Å². The van der Waals surface area contributed by atoms with E-state index in [9.17, 15) is 12.8 Å².